The fourth-order valence-electron chi connectivity index (χ4n) is 2.59. The van der Waals surface area contributed by atoms with Crippen LogP contribution in [0.1, 0.15) is 45.4 Å². The molecule has 0 unspecified atom stereocenters. The van der Waals surface area contributed by atoms with Crippen LogP contribution in [0, 0.1) is 0 Å². The Labute approximate surface area is 144 Å². The molecule has 2 nitrogen and oxygen atoms in total. The first kappa shape index (κ1) is 17.9. The van der Waals surface area contributed by atoms with Gasteiger partial charge in [0.15, 0.2) is 0 Å². The number of alkyl halides is 1. The van der Waals surface area contributed by atoms with Crippen molar-refractivity contribution in [1.29, 1.82) is 0 Å². The number of hydrogen-bond acceptors (Lipinski definition) is 2. The molecule has 0 saturated heterocycles. The van der Waals surface area contributed by atoms with Crippen LogP contribution in [0.4, 0.5) is 0 Å². The molecule has 0 spiro atoms. The fraction of sp³-hybridized carbons (Fsp3) is 0.500. The maximum Gasteiger partial charge on any atom is 0.127 e. The molecule has 0 aliphatic heterocycles. The maximum atomic E-state index is 5.97. The minimum Gasteiger partial charge on any atom is -0.493 e. The Balaban J connectivity index is 2.02. The molecule has 23 heavy (non-hydrogen) atoms. The summed E-state index contributed by atoms with van der Waals surface area (Å²) in [7, 11) is 0. The van der Waals surface area contributed by atoms with E-state index >= 15 is 0 Å². The second-order valence-corrected chi connectivity index (χ2v) is 6.14. The van der Waals surface area contributed by atoms with Crippen molar-refractivity contribution in [3.05, 3.63) is 36.4 Å². The highest BCUT2D eigenvalue weighted by Crippen LogP contribution is 2.33. The minimum atomic E-state index is 0.729. The van der Waals surface area contributed by atoms with Gasteiger partial charge in [0.05, 0.1) is 13.2 Å². The Hall–Kier alpha value is -1.41. The van der Waals surface area contributed by atoms with E-state index in [1.54, 1.807) is 0 Å². The summed E-state index contributed by atoms with van der Waals surface area (Å²) in [5.74, 6) is 2.62. The molecule has 2 aromatic rings. The van der Waals surface area contributed by atoms with Crippen LogP contribution < -0.4 is 9.47 Å². The number of hydrogen-bond donors (Lipinski definition) is 0. The van der Waals surface area contributed by atoms with Gasteiger partial charge in [0, 0.05) is 16.7 Å². The first-order chi connectivity index (χ1) is 11.4. The number of benzene rings is 2. The van der Waals surface area contributed by atoms with Crippen molar-refractivity contribution in [1.82, 2.24) is 0 Å². The zero-order valence-electron chi connectivity index (χ0n) is 14.0. The largest absolute Gasteiger partial charge is 0.493 e. The monoisotopic (exact) mass is 334 g/mol. The summed E-state index contributed by atoms with van der Waals surface area (Å²) in [5, 5.41) is 2.25. The van der Waals surface area contributed by atoms with Gasteiger partial charge >= 0.3 is 0 Å². The van der Waals surface area contributed by atoms with Gasteiger partial charge in [0.1, 0.15) is 11.5 Å². The summed E-state index contributed by atoms with van der Waals surface area (Å²) < 4.78 is 11.9. The van der Waals surface area contributed by atoms with E-state index in [1.807, 2.05) is 24.3 Å². The average Bonchev–Trinajstić information content (AvgIpc) is 2.59. The Morgan fingerprint density at radius 3 is 1.83 bits per heavy atom. The van der Waals surface area contributed by atoms with Crippen LogP contribution in [-0.2, 0) is 0 Å². The first-order valence-corrected chi connectivity index (χ1v) is 9.23. The Morgan fingerprint density at radius 2 is 1.30 bits per heavy atom. The van der Waals surface area contributed by atoms with Crippen LogP contribution in [-0.4, -0.2) is 19.1 Å². The highest BCUT2D eigenvalue weighted by atomic mass is 35.5. The quantitative estimate of drug-likeness (QED) is 0.360. The second-order valence-electron chi connectivity index (χ2n) is 5.76. The second kappa shape index (κ2) is 10.4. The van der Waals surface area contributed by atoms with Gasteiger partial charge < -0.3 is 9.47 Å². The van der Waals surface area contributed by atoms with Crippen molar-refractivity contribution >= 4 is 22.4 Å². The van der Waals surface area contributed by atoms with Gasteiger partial charge in [0.2, 0.25) is 0 Å². The molecule has 0 aliphatic carbocycles. The molecule has 0 atom stereocenters. The van der Waals surface area contributed by atoms with E-state index in [1.165, 1.54) is 12.8 Å². The van der Waals surface area contributed by atoms with E-state index in [-0.39, 0.29) is 0 Å². The molecule has 0 aliphatic rings. The van der Waals surface area contributed by atoms with Gasteiger partial charge in [-0.05, 0) is 37.8 Å². The van der Waals surface area contributed by atoms with E-state index in [0.717, 1.165) is 67.0 Å². The number of fused-ring (bicyclic) bond motifs is 1. The van der Waals surface area contributed by atoms with Crippen LogP contribution in [0.25, 0.3) is 10.8 Å². The maximum absolute atomic E-state index is 5.97. The van der Waals surface area contributed by atoms with E-state index in [4.69, 9.17) is 21.1 Å². The van der Waals surface area contributed by atoms with Crippen LogP contribution in [0.5, 0.6) is 11.5 Å². The molecule has 0 aromatic heterocycles. The number of unbranched alkanes of at least 4 members (excludes halogenated alkanes) is 4. The lowest BCUT2D eigenvalue weighted by atomic mass is 10.1. The Kier molecular flexibility index (Phi) is 8.10. The van der Waals surface area contributed by atoms with Crippen LogP contribution in [0.15, 0.2) is 36.4 Å². The van der Waals surface area contributed by atoms with Gasteiger partial charge in [-0.1, -0.05) is 44.0 Å². The van der Waals surface area contributed by atoms with E-state index in [9.17, 15) is 0 Å². The van der Waals surface area contributed by atoms with Gasteiger partial charge in [-0.25, -0.2) is 0 Å². The third kappa shape index (κ3) is 5.62. The normalized spacial score (nSPS) is 10.9. The van der Waals surface area contributed by atoms with E-state index in [0.29, 0.717) is 0 Å². The van der Waals surface area contributed by atoms with Crippen LogP contribution >= 0.6 is 11.6 Å². The van der Waals surface area contributed by atoms with Crippen molar-refractivity contribution < 1.29 is 9.47 Å². The smallest absolute Gasteiger partial charge is 0.127 e. The van der Waals surface area contributed by atoms with Crippen molar-refractivity contribution in [3.8, 4) is 11.5 Å². The summed E-state index contributed by atoms with van der Waals surface area (Å²) in [5.41, 5.74) is 0. The zero-order valence-corrected chi connectivity index (χ0v) is 14.8. The minimum absolute atomic E-state index is 0.729. The lowest BCUT2D eigenvalue weighted by molar-refractivity contribution is 0.303. The molecule has 0 N–H and O–H groups in total. The highest BCUT2D eigenvalue weighted by Gasteiger charge is 2.07. The lowest BCUT2D eigenvalue weighted by Crippen LogP contribution is -2.00. The van der Waals surface area contributed by atoms with Gasteiger partial charge in [-0.3, -0.25) is 0 Å². The molecule has 0 radical (unpaired) electrons. The van der Waals surface area contributed by atoms with E-state index in [2.05, 4.69) is 19.1 Å². The molecule has 126 valence electrons. The molecule has 0 fully saturated rings. The SMILES string of the molecule is CCCCCOc1ccc(OCCCCCCl)c2ccccc12. The molecule has 0 amide bonds. The number of rotatable bonds is 11. The Morgan fingerprint density at radius 1 is 0.739 bits per heavy atom. The molecule has 0 heterocycles. The predicted molar refractivity (Wildman–Crippen MR) is 99.0 cm³/mol. The van der Waals surface area contributed by atoms with Crippen LogP contribution in [0.2, 0.25) is 0 Å². The van der Waals surface area contributed by atoms with Crippen molar-refractivity contribution in [2.24, 2.45) is 0 Å². The third-order valence-electron chi connectivity index (χ3n) is 3.89. The third-order valence-corrected chi connectivity index (χ3v) is 4.15. The summed E-state index contributed by atoms with van der Waals surface area (Å²) in [4.78, 5) is 0. The summed E-state index contributed by atoms with van der Waals surface area (Å²) in [6.45, 7) is 3.71. The summed E-state index contributed by atoms with van der Waals surface area (Å²) in [6, 6.07) is 12.4. The first-order valence-electron chi connectivity index (χ1n) is 8.70. The number of ether oxygens (including phenoxy) is 2. The molecular formula is C20H27ClO2. The highest BCUT2D eigenvalue weighted by molar-refractivity contribution is 6.17. The van der Waals surface area contributed by atoms with Crippen LogP contribution in [0.3, 0.4) is 0 Å². The molecule has 0 bridgehead atoms. The molecule has 2 aromatic carbocycles. The fourth-order valence-corrected chi connectivity index (χ4v) is 2.77. The van der Waals surface area contributed by atoms with E-state index < -0.39 is 0 Å². The van der Waals surface area contributed by atoms with Gasteiger partial charge in [-0.15, -0.1) is 11.6 Å². The van der Waals surface area contributed by atoms with Crippen molar-refractivity contribution in [2.75, 3.05) is 19.1 Å². The van der Waals surface area contributed by atoms with Crippen molar-refractivity contribution in [3.63, 3.8) is 0 Å². The lowest BCUT2D eigenvalue weighted by Gasteiger charge is -2.13. The summed E-state index contributed by atoms with van der Waals surface area (Å²) in [6.07, 6.45) is 6.72. The average molecular weight is 335 g/mol. The van der Waals surface area contributed by atoms with Crippen molar-refractivity contribution in [2.45, 2.75) is 45.4 Å². The predicted octanol–water partition coefficient (Wildman–Crippen LogP) is 6.20. The molecular weight excluding hydrogens is 308 g/mol. The molecule has 0 saturated carbocycles. The topological polar surface area (TPSA) is 18.5 Å². The number of halogens is 1. The van der Waals surface area contributed by atoms with Gasteiger partial charge in [0.25, 0.3) is 0 Å². The standard InChI is InChI=1S/C20H27ClO2/c1-2-3-8-15-22-19-12-13-20(23-16-9-4-7-14-21)18-11-6-5-10-17(18)19/h5-6,10-13H,2-4,7-9,14-16H2,1H3. The molecule has 3 heteroatoms. The zero-order chi connectivity index (χ0) is 16.3. The summed E-state index contributed by atoms with van der Waals surface area (Å²) >= 11 is 5.70. The molecule has 2 rings (SSSR count). The van der Waals surface area contributed by atoms with Gasteiger partial charge in [-0.2, -0.15) is 0 Å². The Bertz CT molecular complexity index is 583.